The SMILES string of the molecule is Cc1cc(-c2cnc(C3CCN(S(C)(=O)=O)CC3)cn2)n[nH]1. The van der Waals surface area contributed by atoms with Crippen LogP contribution in [0, 0.1) is 6.92 Å². The third-order valence-corrected chi connectivity index (χ3v) is 5.28. The Labute approximate surface area is 129 Å². The van der Waals surface area contributed by atoms with Crippen LogP contribution in [0.5, 0.6) is 0 Å². The van der Waals surface area contributed by atoms with Crippen molar-refractivity contribution in [3.05, 3.63) is 29.8 Å². The van der Waals surface area contributed by atoms with Crippen molar-refractivity contribution in [3.8, 4) is 11.4 Å². The summed E-state index contributed by atoms with van der Waals surface area (Å²) in [5.74, 6) is 0.264. The zero-order valence-corrected chi connectivity index (χ0v) is 13.5. The Balaban J connectivity index is 1.69. The number of hydrogen-bond acceptors (Lipinski definition) is 5. The van der Waals surface area contributed by atoms with Gasteiger partial charge in [0.2, 0.25) is 10.0 Å². The van der Waals surface area contributed by atoms with Crippen LogP contribution in [0.4, 0.5) is 0 Å². The lowest BCUT2D eigenvalue weighted by Crippen LogP contribution is -2.37. The number of hydrogen-bond donors (Lipinski definition) is 1. The van der Waals surface area contributed by atoms with Crippen LogP contribution in [0.25, 0.3) is 11.4 Å². The van der Waals surface area contributed by atoms with Crippen LogP contribution in [0.15, 0.2) is 18.5 Å². The van der Waals surface area contributed by atoms with Crippen LogP contribution in [0.1, 0.15) is 30.1 Å². The topological polar surface area (TPSA) is 91.8 Å². The molecule has 0 saturated carbocycles. The molecule has 0 atom stereocenters. The van der Waals surface area contributed by atoms with Crippen LogP contribution < -0.4 is 0 Å². The minimum atomic E-state index is -3.09. The van der Waals surface area contributed by atoms with E-state index in [1.807, 2.05) is 13.0 Å². The van der Waals surface area contributed by atoms with Crippen molar-refractivity contribution in [2.75, 3.05) is 19.3 Å². The summed E-state index contributed by atoms with van der Waals surface area (Å²) in [5.41, 5.74) is 3.42. The average Bonchev–Trinajstić information content (AvgIpc) is 2.93. The normalized spacial score (nSPS) is 17.7. The average molecular weight is 321 g/mol. The highest BCUT2D eigenvalue weighted by Crippen LogP contribution is 2.27. The summed E-state index contributed by atoms with van der Waals surface area (Å²) in [5, 5.41) is 7.05. The number of sulfonamides is 1. The maximum Gasteiger partial charge on any atom is 0.211 e. The van der Waals surface area contributed by atoms with Crippen molar-refractivity contribution in [2.45, 2.75) is 25.7 Å². The second-order valence-electron chi connectivity index (χ2n) is 5.70. The molecule has 0 aliphatic carbocycles. The number of nitrogens with zero attached hydrogens (tertiary/aromatic N) is 4. The third-order valence-electron chi connectivity index (χ3n) is 3.98. The Morgan fingerprint density at radius 1 is 1.18 bits per heavy atom. The lowest BCUT2D eigenvalue weighted by molar-refractivity contribution is 0.318. The maximum atomic E-state index is 11.5. The zero-order valence-electron chi connectivity index (χ0n) is 12.7. The Bertz CT molecular complexity index is 746. The van der Waals surface area contributed by atoms with Crippen LogP contribution in [0.2, 0.25) is 0 Å². The Kier molecular flexibility index (Phi) is 3.96. The second-order valence-corrected chi connectivity index (χ2v) is 7.68. The predicted molar refractivity (Wildman–Crippen MR) is 82.7 cm³/mol. The predicted octanol–water partition coefficient (Wildman–Crippen LogP) is 1.31. The lowest BCUT2D eigenvalue weighted by Gasteiger charge is -2.29. The first kappa shape index (κ1) is 15.1. The molecule has 1 fully saturated rings. The number of H-pyrrole nitrogens is 1. The second kappa shape index (κ2) is 5.77. The molecule has 0 radical (unpaired) electrons. The summed E-state index contributed by atoms with van der Waals surface area (Å²) in [6, 6.07) is 1.92. The Morgan fingerprint density at radius 2 is 1.91 bits per heavy atom. The molecule has 0 bridgehead atoms. The summed E-state index contributed by atoms with van der Waals surface area (Å²) in [4.78, 5) is 8.92. The van der Waals surface area contributed by atoms with E-state index >= 15 is 0 Å². The first-order valence-corrected chi connectivity index (χ1v) is 9.08. The van der Waals surface area contributed by atoms with E-state index in [0.29, 0.717) is 13.1 Å². The number of nitrogens with one attached hydrogen (secondary N) is 1. The zero-order chi connectivity index (χ0) is 15.7. The van der Waals surface area contributed by atoms with Gasteiger partial charge >= 0.3 is 0 Å². The van der Waals surface area contributed by atoms with Gasteiger partial charge in [0.1, 0.15) is 11.4 Å². The van der Waals surface area contributed by atoms with Crippen LogP contribution in [-0.2, 0) is 10.0 Å². The molecule has 2 aromatic rings. The quantitative estimate of drug-likeness (QED) is 0.920. The van der Waals surface area contributed by atoms with E-state index < -0.39 is 10.0 Å². The largest absolute Gasteiger partial charge is 0.282 e. The smallest absolute Gasteiger partial charge is 0.211 e. The molecule has 2 aromatic heterocycles. The molecular weight excluding hydrogens is 302 g/mol. The number of aryl methyl sites for hydroxylation is 1. The summed E-state index contributed by atoms with van der Waals surface area (Å²) in [7, 11) is -3.09. The van der Waals surface area contributed by atoms with Gasteiger partial charge in [-0.3, -0.25) is 15.1 Å². The van der Waals surface area contributed by atoms with Crippen LogP contribution >= 0.6 is 0 Å². The van der Waals surface area contributed by atoms with Gasteiger partial charge in [0.05, 0.1) is 18.1 Å². The van der Waals surface area contributed by atoms with Crippen LogP contribution in [0.3, 0.4) is 0 Å². The highest BCUT2D eigenvalue weighted by molar-refractivity contribution is 7.88. The molecule has 7 nitrogen and oxygen atoms in total. The van der Waals surface area contributed by atoms with Gasteiger partial charge in [0.15, 0.2) is 0 Å². The van der Waals surface area contributed by atoms with Gasteiger partial charge in [-0.2, -0.15) is 5.10 Å². The fraction of sp³-hybridized carbons (Fsp3) is 0.500. The Hall–Kier alpha value is -1.80. The molecule has 118 valence electrons. The van der Waals surface area contributed by atoms with Gasteiger partial charge in [-0.05, 0) is 25.8 Å². The summed E-state index contributed by atoms with van der Waals surface area (Å²) in [6.45, 7) is 3.03. The molecule has 1 aliphatic rings. The van der Waals surface area contributed by atoms with Crippen molar-refractivity contribution < 1.29 is 8.42 Å². The molecule has 1 N–H and O–H groups in total. The summed E-state index contributed by atoms with van der Waals surface area (Å²) < 4.78 is 24.6. The first-order valence-electron chi connectivity index (χ1n) is 7.23. The van der Waals surface area contributed by atoms with E-state index in [1.54, 1.807) is 12.4 Å². The Morgan fingerprint density at radius 3 is 2.41 bits per heavy atom. The van der Waals surface area contributed by atoms with Gasteiger partial charge in [-0.15, -0.1) is 0 Å². The number of aromatic nitrogens is 4. The van der Waals surface area contributed by atoms with E-state index in [-0.39, 0.29) is 5.92 Å². The molecule has 22 heavy (non-hydrogen) atoms. The first-order chi connectivity index (χ1) is 10.4. The molecule has 1 aliphatic heterocycles. The van der Waals surface area contributed by atoms with Gasteiger partial charge in [0.25, 0.3) is 0 Å². The summed E-state index contributed by atoms with van der Waals surface area (Å²) >= 11 is 0. The highest BCUT2D eigenvalue weighted by Gasteiger charge is 2.26. The molecule has 3 heterocycles. The maximum absolute atomic E-state index is 11.5. The molecule has 0 unspecified atom stereocenters. The monoisotopic (exact) mass is 321 g/mol. The molecule has 3 rings (SSSR count). The number of rotatable bonds is 3. The van der Waals surface area contributed by atoms with Gasteiger partial charge in [0, 0.05) is 30.9 Å². The van der Waals surface area contributed by atoms with E-state index in [4.69, 9.17) is 0 Å². The van der Waals surface area contributed by atoms with Crippen molar-refractivity contribution in [1.82, 2.24) is 24.5 Å². The van der Waals surface area contributed by atoms with E-state index in [1.165, 1.54) is 10.6 Å². The molecule has 0 spiro atoms. The molecular formula is C14H19N5O2S. The molecule has 1 saturated heterocycles. The molecule has 0 amide bonds. The van der Waals surface area contributed by atoms with E-state index in [2.05, 4.69) is 20.2 Å². The van der Waals surface area contributed by atoms with Gasteiger partial charge in [-0.1, -0.05) is 0 Å². The van der Waals surface area contributed by atoms with E-state index in [0.717, 1.165) is 35.6 Å². The highest BCUT2D eigenvalue weighted by atomic mass is 32.2. The third kappa shape index (κ3) is 3.17. The van der Waals surface area contributed by atoms with Crippen molar-refractivity contribution in [2.24, 2.45) is 0 Å². The minimum absolute atomic E-state index is 0.264. The standard InChI is InChI=1S/C14H19N5O2S/c1-10-7-12(18-17-10)14-9-15-13(8-16-14)11-3-5-19(6-4-11)22(2,20)21/h7-9,11H,3-6H2,1-2H3,(H,17,18). The molecule has 8 heteroatoms. The molecule has 0 aromatic carbocycles. The van der Waals surface area contributed by atoms with Gasteiger partial charge in [-0.25, -0.2) is 12.7 Å². The van der Waals surface area contributed by atoms with Crippen molar-refractivity contribution >= 4 is 10.0 Å². The number of piperidine rings is 1. The number of aromatic amines is 1. The summed E-state index contributed by atoms with van der Waals surface area (Å²) in [6.07, 6.45) is 6.33. The minimum Gasteiger partial charge on any atom is -0.282 e. The van der Waals surface area contributed by atoms with Gasteiger partial charge < -0.3 is 0 Å². The lowest BCUT2D eigenvalue weighted by atomic mass is 9.95. The fourth-order valence-electron chi connectivity index (χ4n) is 2.71. The fourth-order valence-corrected chi connectivity index (χ4v) is 3.59. The van der Waals surface area contributed by atoms with Crippen LogP contribution in [-0.4, -0.2) is 52.2 Å². The van der Waals surface area contributed by atoms with Crippen molar-refractivity contribution in [1.29, 1.82) is 0 Å². The van der Waals surface area contributed by atoms with Crippen molar-refractivity contribution in [3.63, 3.8) is 0 Å². The van der Waals surface area contributed by atoms with E-state index in [9.17, 15) is 8.42 Å².